The van der Waals surface area contributed by atoms with Crippen molar-refractivity contribution in [2.75, 3.05) is 20.3 Å². The number of methoxy groups -OCH3 is 1. The smallest absolute Gasteiger partial charge is 0.337 e. The highest BCUT2D eigenvalue weighted by molar-refractivity contribution is 9.10. The molecule has 45 heavy (non-hydrogen) atoms. The molecule has 0 fully saturated rings. The van der Waals surface area contributed by atoms with E-state index in [0.717, 1.165) is 0 Å². The number of hydrazone groups is 1. The van der Waals surface area contributed by atoms with E-state index in [1.54, 1.807) is 56.3 Å². The van der Waals surface area contributed by atoms with Gasteiger partial charge in [-0.3, -0.25) is 5.43 Å². The first-order valence-corrected chi connectivity index (χ1v) is 14.9. The lowest BCUT2D eigenvalue weighted by Crippen LogP contribution is -2.45. The molecule has 0 saturated heterocycles. The molecule has 0 spiro atoms. The van der Waals surface area contributed by atoms with E-state index in [-0.39, 0.29) is 24.6 Å². The predicted octanol–water partition coefficient (Wildman–Crippen LogP) is 5.34. The lowest BCUT2D eigenvalue weighted by atomic mass is 9.95. The normalized spacial score (nSPS) is 15.3. The number of hydrogen-bond donors (Lipinski definition) is 4. The van der Waals surface area contributed by atoms with Gasteiger partial charge in [0.25, 0.3) is 0 Å². The van der Waals surface area contributed by atoms with Crippen LogP contribution in [0, 0.1) is 5.82 Å². The Balaban J connectivity index is 1.37. The van der Waals surface area contributed by atoms with E-state index >= 15 is 0 Å². The first kappa shape index (κ1) is 33.6. The van der Waals surface area contributed by atoms with Crippen LogP contribution in [0.2, 0.25) is 5.02 Å². The molecule has 3 aromatic carbocycles. The second-order valence-electron chi connectivity index (χ2n) is 9.65. The zero-order valence-corrected chi connectivity index (χ0v) is 26.9. The molecule has 14 heteroatoms. The number of nitrogens with zero attached hydrogens (tertiary/aromatic N) is 1. The Morgan fingerprint density at radius 1 is 1.18 bits per heavy atom. The lowest BCUT2D eigenvalue weighted by molar-refractivity contribution is -0.136. The van der Waals surface area contributed by atoms with Gasteiger partial charge >= 0.3 is 12.0 Å². The number of aliphatic hydroxyl groups is 1. The van der Waals surface area contributed by atoms with Gasteiger partial charge in [-0.25, -0.2) is 14.0 Å². The third-order valence-corrected chi connectivity index (χ3v) is 7.27. The zero-order valence-electron chi connectivity index (χ0n) is 24.5. The molecule has 1 aliphatic heterocycles. The molecule has 0 unspecified atom stereocenters. The van der Waals surface area contributed by atoms with Crippen molar-refractivity contribution in [3.05, 3.63) is 97.9 Å². The monoisotopic (exact) mass is 704 g/mol. The van der Waals surface area contributed by atoms with Crippen LogP contribution in [-0.2, 0) is 16.1 Å². The summed E-state index contributed by atoms with van der Waals surface area (Å²) < 4.78 is 36.2. The highest BCUT2D eigenvalue weighted by Gasteiger charge is 2.32. The molecule has 2 amide bonds. The summed E-state index contributed by atoms with van der Waals surface area (Å²) in [5.74, 6) is 0.131. The summed E-state index contributed by atoms with van der Waals surface area (Å²) in [6, 6.07) is 13.1. The fourth-order valence-electron chi connectivity index (χ4n) is 4.39. The van der Waals surface area contributed by atoms with Crippen LogP contribution >= 0.6 is 27.5 Å². The van der Waals surface area contributed by atoms with Crippen LogP contribution in [0.4, 0.5) is 9.18 Å². The van der Waals surface area contributed by atoms with Crippen molar-refractivity contribution in [3.63, 3.8) is 0 Å². The van der Waals surface area contributed by atoms with E-state index in [0.29, 0.717) is 55.7 Å². The second kappa shape index (κ2) is 15.6. The molecule has 1 aliphatic rings. The Labute approximate surface area is 272 Å². The number of benzene rings is 3. The van der Waals surface area contributed by atoms with Crippen LogP contribution in [0.3, 0.4) is 0 Å². The van der Waals surface area contributed by atoms with Gasteiger partial charge in [-0.2, -0.15) is 5.10 Å². The number of urea groups is 1. The van der Waals surface area contributed by atoms with Crippen LogP contribution in [-0.4, -0.2) is 49.9 Å². The maximum absolute atomic E-state index is 13.4. The van der Waals surface area contributed by atoms with Gasteiger partial charge in [-0.15, -0.1) is 0 Å². The van der Waals surface area contributed by atoms with Crippen molar-refractivity contribution in [2.45, 2.75) is 32.7 Å². The number of nitrogens with one attached hydrogen (secondary N) is 3. The quantitative estimate of drug-likeness (QED) is 0.0809. The number of halogens is 3. The Bertz CT molecular complexity index is 1600. The summed E-state index contributed by atoms with van der Waals surface area (Å²) >= 11 is 9.83. The third kappa shape index (κ3) is 8.87. The van der Waals surface area contributed by atoms with Gasteiger partial charge in [0, 0.05) is 5.70 Å². The highest BCUT2D eigenvalue weighted by atomic mass is 79.9. The highest BCUT2D eigenvalue weighted by Crippen LogP contribution is 2.36. The van der Waals surface area contributed by atoms with E-state index < -0.39 is 24.3 Å². The number of amides is 2. The van der Waals surface area contributed by atoms with E-state index in [1.165, 1.54) is 25.5 Å². The Morgan fingerprint density at radius 2 is 1.98 bits per heavy atom. The molecule has 2 atom stereocenters. The molecular formula is C31H31BrClFN4O7. The van der Waals surface area contributed by atoms with Gasteiger partial charge in [0.2, 0.25) is 0 Å². The van der Waals surface area contributed by atoms with Gasteiger partial charge in [0.1, 0.15) is 19.0 Å². The van der Waals surface area contributed by atoms with Crippen molar-refractivity contribution < 1.29 is 38.0 Å². The van der Waals surface area contributed by atoms with Crippen molar-refractivity contribution in [1.29, 1.82) is 0 Å². The first-order chi connectivity index (χ1) is 21.6. The maximum Gasteiger partial charge on any atom is 0.337 e. The van der Waals surface area contributed by atoms with Crippen molar-refractivity contribution >= 4 is 45.7 Å². The molecule has 1 heterocycles. The SMILES string of the molecule is CCOc1cc([C@@H]2NC(=O)NC(C)=C2C(=O)OC)ccc1OC[C@H](O)N/N=C\c1cc(Cl)c(OCc2cccc(F)c2)c(Br)c1. The second-order valence-corrected chi connectivity index (χ2v) is 10.9. The first-order valence-electron chi connectivity index (χ1n) is 13.7. The summed E-state index contributed by atoms with van der Waals surface area (Å²) in [6.07, 6.45) is 0.265. The molecule has 3 aromatic rings. The van der Waals surface area contributed by atoms with Gasteiger partial charge < -0.3 is 34.7 Å². The third-order valence-electron chi connectivity index (χ3n) is 6.40. The molecule has 0 bridgehead atoms. The molecule has 0 aromatic heterocycles. The fraction of sp³-hybridized carbons (Fsp3) is 0.258. The van der Waals surface area contributed by atoms with Crippen LogP contribution in [0.1, 0.15) is 36.6 Å². The summed E-state index contributed by atoms with van der Waals surface area (Å²) in [7, 11) is 1.26. The van der Waals surface area contributed by atoms with Crippen LogP contribution in [0.5, 0.6) is 17.2 Å². The van der Waals surface area contributed by atoms with Gasteiger partial charge in [0.15, 0.2) is 23.5 Å². The largest absolute Gasteiger partial charge is 0.490 e. The number of carbonyl (C=O) groups is 2. The average Bonchev–Trinajstić information content (AvgIpc) is 2.99. The van der Waals surface area contributed by atoms with Crippen LogP contribution in [0.15, 0.2) is 75.4 Å². The summed E-state index contributed by atoms with van der Waals surface area (Å²) in [5, 5.41) is 20.1. The average molecular weight is 706 g/mol. The molecule has 0 aliphatic carbocycles. The summed E-state index contributed by atoms with van der Waals surface area (Å²) in [4.78, 5) is 24.6. The molecule has 4 N–H and O–H groups in total. The molecule has 238 valence electrons. The molecular weight excluding hydrogens is 675 g/mol. The molecule has 11 nitrogen and oxygen atoms in total. The van der Waals surface area contributed by atoms with E-state index in [1.807, 2.05) is 0 Å². The number of allylic oxidation sites excluding steroid dienone is 1. The topological polar surface area (TPSA) is 140 Å². The van der Waals surface area contributed by atoms with Crippen molar-refractivity contribution in [3.8, 4) is 17.2 Å². The maximum atomic E-state index is 13.4. The summed E-state index contributed by atoms with van der Waals surface area (Å²) in [6.45, 7) is 3.67. The number of ether oxygens (including phenoxy) is 4. The fourth-order valence-corrected chi connectivity index (χ4v) is 5.38. The molecule has 0 saturated carbocycles. The standard InChI is InChI=1S/C31H31BrClFN4O7/c1-4-43-25-13-20(28-27(30(40)42-3)17(2)36-31(41)37-28)8-9-24(25)44-16-26(39)38-35-14-19-11-22(32)29(23(33)12-19)45-15-18-6-5-7-21(34)10-18/h5-14,26,28,38-39H,4,15-16H2,1-3H3,(H2,36,37,41)/b35-14-/t26-,28-/m0/s1. The molecule has 4 rings (SSSR count). The van der Waals surface area contributed by atoms with Crippen molar-refractivity contribution in [2.24, 2.45) is 5.10 Å². The Hall–Kier alpha value is -4.33. The number of hydrogen-bond acceptors (Lipinski definition) is 9. The minimum absolute atomic E-state index is 0.130. The minimum atomic E-state index is -1.19. The van der Waals surface area contributed by atoms with Crippen LogP contribution < -0.4 is 30.3 Å². The Morgan fingerprint density at radius 3 is 2.69 bits per heavy atom. The van der Waals surface area contributed by atoms with Crippen molar-refractivity contribution in [1.82, 2.24) is 16.1 Å². The van der Waals surface area contributed by atoms with Gasteiger partial charge in [-0.05, 0) is 82.9 Å². The minimum Gasteiger partial charge on any atom is -0.490 e. The van der Waals surface area contributed by atoms with E-state index in [9.17, 15) is 19.1 Å². The van der Waals surface area contributed by atoms with Gasteiger partial charge in [0.05, 0.1) is 41.0 Å². The number of rotatable bonds is 13. The Kier molecular flexibility index (Phi) is 11.6. The zero-order chi connectivity index (χ0) is 32.5. The lowest BCUT2D eigenvalue weighted by Gasteiger charge is -2.28. The predicted molar refractivity (Wildman–Crippen MR) is 169 cm³/mol. The molecule has 0 radical (unpaired) electrons. The summed E-state index contributed by atoms with van der Waals surface area (Å²) in [5.41, 5.74) is 5.05. The number of aliphatic hydroxyl groups excluding tert-OH is 1. The van der Waals surface area contributed by atoms with Gasteiger partial charge in [-0.1, -0.05) is 29.8 Å². The number of esters is 1. The van der Waals surface area contributed by atoms with E-state index in [4.69, 9.17) is 30.5 Å². The van der Waals surface area contributed by atoms with Crippen LogP contribution in [0.25, 0.3) is 0 Å². The van der Waals surface area contributed by atoms with E-state index in [2.05, 4.69) is 37.1 Å². The number of carbonyl (C=O) groups excluding carboxylic acids is 2.